The lowest BCUT2D eigenvalue weighted by Gasteiger charge is -2.38. The van der Waals surface area contributed by atoms with Crippen molar-refractivity contribution in [2.24, 2.45) is 0 Å². The van der Waals surface area contributed by atoms with Gasteiger partial charge in [0.1, 0.15) is 10.8 Å². The number of nitrogens with zero attached hydrogens (tertiary/aromatic N) is 3. The molecule has 0 radical (unpaired) electrons. The fraction of sp³-hybridized carbons (Fsp3) is 0.250. The first kappa shape index (κ1) is 16.1. The van der Waals surface area contributed by atoms with Crippen LogP contribution in [0.1, 0.15) is 23.8 Å². The SMILES string of the molecule is CN1C(=N)N[C@](C)(c2cnc(-c3cc(C#N)ccc3F)s2)CC1=O. The van der Waals surface area contributed by atoms with E-state index in [1.165, 1.54) is 41.5 Å². The Morgan fingerprint density at radius 2 is 2.29 bits per heavy atom. The number of thiazole rings is 1. The van der Waals surface area contributed by atoms with Crippen molar-refractivity contribution in [2.75, 3.05) is 7.05 Å². The molecule has 0 aliphatic carbocycles. The van der Waals surface area contributed by atoms with Crippen LogP contribution in [0.15, 0.2) is 24.4 Å². The van der Waals surface area contributed by atoms with E-state index in [9.17, 15) is 9.18 Å². The van der Waals surface area contributed by atoms with E-state index in [1.54, 1.807) is 6.20 Å². The van der Waals surface area contributed by atoms with Gasteiger partial charge >= 0.3 is 0 Å². The lowest BCUT2D eigenvalue weighted by molar-refractivity contribution is -0.129. The molecule has 122 valence electrons. The minimum Gasteiger partial charge on any atom is -0.345 e. The molecule has 3 rings (SSSR count). The van der Waals surface area contributed by atoms with E-state index in [0.29, 0.717) is 10.6 Å². The second-order valence-corrected chi connectivity index (χ2v) is 6.80. The highest BCUT2D eigenvalue weighted by Crippen LogP contribution is 2.36. The van der Waals surface area contributed by atoms with Gasteiger partial charge in [0.25, 0.3) is 0 Å². The smallest absolute Gasteiger partial charge is 0.231 e. The lowest BCUT2D eigenvalue weighted by Crippen LogP contribution is -2.57. The molecule has 0 saturated carbocycles. The maximum Gasteiger partial charge on any atom is 0.231 e. The molecular formula is C16H14FN5OS. The largest absolute Gasteiger partial charge is 0.345 e. The van der Waals surface area contributed by atoms with Gasteiger partial charge < -0.3 is 5.32 Å². The van der Waals surface area contributed by atoms with Gasteiger partial charge in [-0.2, -0.15) is 5.26 Å². The van der Waals surface area contributed by atoms with Crippen molar-refractivity contribution >= 4 is 23.2 Å². The molecule has 2 aromatic rings. The lowest BCUT2D eigenvalue weighted by atomic mass is 9.94. The van der Waals surface area contributed by atoms with Crippen molar-refractivity contribution in [2.45, 2.75) is 18.9 Å². The van der Waals surface area contributed by atoms with Crippen molar-refractivity contribution in [3.05, 3.63) is 40.7 Å². The van der Waals surface area contributed by atoms with Gasteiger partial charge in [0.05, 0.1) is 28.5 Å². The highest BCUT2D eigenvalue weighted by atomic mass is 32.1. The number of carbonyl (C=O) groups excluding carboxylic acids is 1. The van der Waals surface area contributed by atoms with Crippen molar-refractivity contribution < 1.29 is 9.18 Å². The normalized spacial score (nSPS) is 20.7. The number of guanidine groups is 1. The number of rotatable bonds is 2. The molecule has 6 nitrogen and oxygen atoms in total. The molecule has 0 spiro atoms. The minimum absolute atomic E-state index is 0.0151. The number of benzene rings is 1. The van der Waals surface area contributed by atoms with Gasteiger partial charge in [-0.1, -0.05) is 0 Å². The Kier molecular flexibility index (Phi) is 3.81. The topological polar surface area (TPSA) is 92.9 Å². The van der Waals surface area contributed by atoms with Crippen molar-refractivity contribution in [3.8, 4) is 16.6 Å². The summed E-state index contributed by atoms with van der Waals surface area (Å²) in [5, 5.41) is 20.3. The van der Waals surface area contributed by atoms with E-state index in [-0.39, 0.29) is 23.9 Å². The number of nitriles is 1. The van der Waals surface area contributed by atoms with Gasteiger partial charge in [0.2, 0.25) is 5.91 Å². The number of hydrogen-bond acceptors (Lipinski definition) is 5. The summed E-state index contributed by atoms with van der Waals surface area (Å²) in [4.78, 5) is 18.3. The van der Waals surface area contributed by atoms with Gasteiger partial charge in [-0.3, -0.25) is 15.1 Å². The summed E-state index contributed by atoms with van der Waals surface area (Å²) in [6.45, 7) is 1.81. The Labute approximate surface area is 142 Å². The fourth-order valence-electron chi connectivity index (χ4n) is 2.50. The monoisotopic (exact) mass is 343 g/mol. The molecule has 2 N–H and O–H groups in total. The zero-order valence-electron chi connectivity index (χ0n) is 13.1. The van der Waals surface area contributed by atoms with Gasteiger partial charge in [0, 0.05) is 18.8 Å². The molecule has 24 heavy (non-hydrogen) atoms. The number of halogens is 1. The number of carbonyl (C=O) groups is 1. The van der Waals surface area contributed by atoms with Crippen LogP contribution in [0.3, 0.4) is 0 Å². The number of aromatic nitrogens is 1. The Morgan fingerprint density at radius 1 is 1.54 bits per heavy atom. The molecule has 1 saturated heterocycles. The molecule has 0 bridgehead atoms. The fourth-order valence-corrected chi connectivity index (χ4v) is 3.53. The van der Waals surface area contributed by atoms with Gasteiger partial charge in [-0.05, 0) is 25.1 Å². The molecule has 1 amide bonds. The summed E-state index contributed by atoms with van der Waals surface area (Å²) in [5.41, 5.74) is -0.160. The van der Waals surface area contributed by atoms with E-state index in [1.807, 2.05) is 13.0 Å². The van der Waals surface area contributed by atoms with Crippen molar-refractivity contribution in [3.63, 3.8) is 0 Å². The van der Waals surface area contributed by atoms with Crippen LogP contribution < -0.4 is 5.32 Å². The average Bonchev–Trinajstić information content (AvgIpc) is 3.03. The summed E-state index contributed by atoms with van der Waals surface area (Å²) in [7, 11) is 1.54. The number of amides is 1. The van der Waals surface area contributed by atoms with Gasteiger partial charge in [-0.25, -0.2) is 9.37 Å². The first-order valence-corrected chi connectivity index (χ1v) is 7.95. The zero-order chi connectivity index (χ0) is 17.5. The standard InChI is InChI=1S/C16H14FN5OS/c1-16(6-13(23)22(2)15(19)21-16)12-8-20-14(24-12)10-5-9(7-18)3-4-11(10)17/h3-5,8H,6H2,1-2H3,(H2,19,21)/t16-/m0/s1. The van der Waals surface area contributed by atoms with E-state index >= 15 is 0 Å². The Balaban J connectivity index is 1.98. The summed E-state index contributed by atoms with van der Waals surface area (Å²) < 4.78 is 14.1. The third-order valence-corrected chi connectivity index (χ3v) is 5.28. The van der Waals surface area contributed by atoms with Crippen LogP contribution in [0.4, 0.5) is 4.39 Å². The first-order valence-electron chi connectivity index (χ1n) is 7.14. The molecule has 1 atom stereocenters. The molecule has 1 aromatic carbocycles. The van der Waals surface area contributed by atoms with Crippen LogP contribution >= 0.6 is 11.3 Å². The van der Waals surface area contributed by atoms with Crippen molar-refractivity contribution in [1.82, 2.24) is 15.2 Å². The summed E-state index contributed by atoms with van der Waals surface area (Å²) >= 11 is 1.24. The molecule has 2 heterocycles. The van der Waals surface area contributed by atoms with E-state index in [4.69, 9.17) is 10.7 Å². The Hall–Kier alpha value is -2.79. The summed E-state index contributed by atoms with van der Waals surface area (Å²) in [5.74, 6) is -0.615. The first-order chi connectivity index (χ1) is 11.3. The Morgan fingerprint density at radius 3 is 2.96 bits per heavy atom. The minimum atomic E-state index is -0.764. The Bertz CT molecular complexity index is 867. The molecule has 1 aliphatic rings. The van der Waals surface area contributed by atoms with E-state index in [2.05, 4.69) is 10.3 Å². The number of nitrogens with one attached hydrogen (secondary N) is 2. The van der Waals surface area contributed by atoms with Crippen LogP contribution in [0.5, 0.6) is 0 Å². The average molecular weight is 343 g/mol. The molecule has 1 aromatic heterocycles. The zero-order valence-corrected chi connectivity index (χ0v) is 13.9. The quantitative estimate of drug-likeness (QED) is 0.876. The molecule has 0 unspecified atom stereocenters. The van der Waals surface area contributed by atoms with Gasteiger partial charge in [0.15, 0.2) is 5.96 Å². The maximum atomic E-state index is 14.1. The van der Waals surface area contributed by atoms with Crippen LogP contribution in [-0.4, -0.2) is 28.8 Å². The highest BCUT2D eigenvalue weighted by molar-refractivity contribution is 7.15. The molecule has 1 aliphatic heterocycles. The van der Waals surface area contributed by atoms with Crippen LogP contribution in [-0.2, 0) is 10.3 Å². The van der Waals surface area contributed by atoms with Crippen molar-refractivity contribution in [1.29, 1.82) is 10.7 Å². The second-order valence-electron chi connectivity index (χ2n) is 5.77. The summed E-state index contributed by atoms with van der Waals surface area (Å²) in [6.07, 6.45) is 1.76. The van der Waals surface area contributed by atoms with E-state index < -0.39 is 11.4 Å². The van der Waals surface area contributed by atoms with Crippen LogP contribution in [0.2, 0.25) is 0 Å². The third-order valence-electron chi connectivity index (χ3n) is 3.98. The molecular weight excluding hydrogens is 329 g/mol. The predicted octanol–water partition coefficient (Wildman–Crippen LogP) is 2.42. The molecule has 1 fully saturated rings. The second kappa shape index (κ2) is 5.69. The highest BCUT2D eigenvalue weighted by Gasteiger charge is 2.39. The third kappa shape index (κ3) is 2.63. The maximum absolute atomic E-state index is 14.1. The predicted molar refractivity (Wildman–Crippen MR) is 87.8 cm³/mol. The van der Waals surface area contributed by atoms with Gasteiger partial charge in [-0.15, -0.1) is 11.3 Å². The summed E-state index contributed by atoms with van der Waals surface area (Å²) in [6, 6.07) is 6.08. The number of hydrogen-bond donors (Lipinski definition) is 2. The molecule has 8 heteroatoms. The van der Waals surface area contributed by atoms with Crippen LogP contribution in [0, 0.1) is 22.6 Å². The van der Waals surface area contributed by atoms with E-state index in [0.717, 1.165) is 4.88 Å². The van der Waals surface area contributed by atoms with Crippen LogP contribution in [0.25, 0.3) is 10.6 Å².